The molecule has 1 aliphatic carbocycles. The summed E-state index contributed by atoms with van der Waals surface area (Å²) in [6, 6.07) is 0.318. The molecule has 7 heteroatoms. The summed E-state index contributed by atoms with van der Waals surface area (Å²) in [7, 11) is 3.91. The highest BCUT2D eigenvalue weighted by molar-refractivity contribution is 5.87. The van der Waals surface area contributed by atoms with Crippen molar-refractivity contribution in [1.82, 2.24) is 9.80 Å². The molecule has 138 valence electrons. The van der Waals surface area contributed by atoms with E-state index in [1.807, 2.05) is 0 Å². The molecule has 0 aromatic carbocycles. The van der Waals surface area contributed by atoms with Crippen LogP contribution in [0.25, 0.3) is 0 Å². The minimum atomic E-state index is -4.68. The summed E-state index contributed by atoms with van der Waals surface area (Å²) in [4.78, 5) is 15.0. The highest BCUT2D eigenvalue weighted by atomic mass is 19.4. The standard InChI is InChI=1S/C9H16N2.C8H12F3NO/c1-11-5-7-3-2-4-9(10)8(7)6-11;1-5-3-12(2)4-6(5)7(13)8(9,10)11/h2,4,7-9H,3,5-6,10H2,1H3;5-6H,3-4H2,1-2H3. The Bertz CT molecular complexity index is 480. The van der Waals surface area contributed by atoms with Crippen molar-refractivity contribution < 1.29 is 18.0 Å². The van der Waals surface area contributed by atoms with Gasteiger partial charge in [-0.2, -0.15) is 13.2 Å². The Morgan fingerprint density at radius 1 is 1.12 bits per heavy atom. The second kappa shape index (κ2) is 7.54. The molecule has 4 nitrogen and oxygen atoms in total. The van der Waals surface area contributed by atoms with Gasteiger partial charge in [0.1, 0.15) is 0 Å². The van der Waals surface area contributed by atoms with Gasteiger partial charge in [-0.1, -0.05) is 19.1 Å². The van der Waals surface area contributed by atoms with Crippen LogP contribution in [0.1, 0.15) is 13.3 Å². The first-order valence-electron chi connectivity index (χ1n) is 8.50. The molecule has 2 fully saturated rings. The normalized spacial score (nSPS) is 37.0. The Kier molecular flexibility index (Phi) is 6.09. The molecule has 24 heavy (non-hydrogen) atoms. The van der Waals surface area contributed by atoms with E-state index in [1.54, 1.807) is 18.9 Å². The van der Waals surface area contributed by atoms with Crippen molar-refractivity contribution in [3.8, 4) is 0 Å². The number of hydrogen-bond donors (Lipinski definition) is 1. The Labute approximate surface area is 141 Å². The number of nitrogens with zero attached hydrogens (tertiary/aromatic N) is 2. The lowest BCUT2D eigenvalue weighted by atomic mass is 9.83. The van der Waals surface area contributed by atoms with Crippen molar-refractivity contribution in [2.24, 2.45) is 29.4 Å². The number of fused-ring (bicyclic) bond motifs is 1. The molecule has 0 spiro atoms. The fourth-order valence-corrected chi connectivity index (χ4v) is 4.12. The SMILES string of the molecule is CC1CN(C)CC1C(=O)C(F)(F)F.CN1CC2CC=CC(N)C2C1. The van der Waals surface area contributed by atoms with Crippen molar-refractivity contribution in [3.63, 3.8) is 0 Å². The molecule has 2 heterocycles. The number of carbonyl (C=O) groups excluding carboxylic acids is 1. The average molecular weight is 347 g/mol. The summed E-state index contributed by atoms with van der Waals surface area (Å²) in [6.07, 6.45) is 0.970. The molecular weight excluding hydrogens is 319 g/mol. The van der Waals surface area contributed by atoms with E-state index >= 15 is 0 Å². The molecule has 2 aliphatic heterocycles. The van der Waals surface area contributed by atoms with Gasteiger partial charge < -0.3 is 15.5 Å². The van der Waals surface area contributed by atoms with Gasteiger partial charge in [0.25, 0.3) is 0 Å². The summed E-state index contributed by atoms with van der Waals surface area (Å²) in [5.74, 6) is -1.08. The average Bonchev–Trinajstić information content (AvgIpc) is 3.00. The Hall–Kier alpha value is -0.920. The van der Waals surface area contributed by atoms with Gasteiger partial charge in [-0.05, 0) is 38.3 Å². The van der Waals surface area contributed by atoms with E-state index in [0.717, 1.165) is 11.8 Å². The fourth-order valence-electron chi connectivity index (χ4n) is 4.12. The summed E-state index contributed by atoms with van der Waals surface area (Å²) < 4.78 is 36.1. The number of nitrogens with two attached hydrogens (primary N) is 1. The van der Waals surface area contributed by atoms with E-state index in [2.05, 4.69) is 24.1 Å². The summed E-state index contributed by atoms with van der Waals surface area (Å²) in [5, 5.41) is 0. The summed E-state index contributed by atoms with van der Waals surface area (Å²) in [5.41, 5.74) is 5.97. The molecule has 5 unspecified atom stereocenters. The molecule has 5 atom stereocenters. The third kappa shape index (κ3) is 4.58. The summed E-state index contributed by atoms with van der Waals surface area (Å²) in [6.45, 7) is 4.89. The van der Waals surface area contributed by atoms with Crippen molar-refractivity contribution in [1.29, 1.82) is 0 Å². The van der Waals surface area contributed by atoms with Gasteiger partial charge in [-0.3, -0.25) is 4.79 Å². The first-order chi connectivity index (χ1) is 11.1. The molecule has 3 aliphatic rings. The minimum absolute atomic E-state index is 0.195. The molecule has 2 N–H and O–H groups in total. The molecule has 0 aromatic heterocycles. The van der Waals surface area contributed by atoms with E-state index in [0.29, 0.717) is 12.6 Å². The van der Waals surface area contributed by atoms with Crippen molar-refractivity contribution in [2.45, 2.75) is 25.6 Å². The third-order valence-corrected chi connectivity index (χ3v) is 5.38. The Morgan fingerprint density at radius 3 is 2.25 bits per heavy atom. The zero-order valence-electron chi connectivity index (χ0n) is 14.6. The predicted octanol–water partition coefficient (Wildman–Crippen LogP) is 1.77. The molecule has 3 rings (SSSR count). The number of alkyl halides is 3. The predicted molar refractivity (Wildman–Crippen MR) is 87.4 cm³/mol. The lowest BCUT2D eigenvalue weighted by molar-refractivity contribution is -0.176. The first-order valence-corrected chi connectivity index (χ1v) is 8.50. The zero-order valence-corrected chi connectivity index (χ0v) is 14.6. The Balaban J connectivity index is 0.000000175. The second-order valence-corrected chi connectivity index (χ2v) is 7.55. The van der Waals surface area contributed by atoms with Crippen LogP contribution in [0.3, 0.4) is 0 Å². The lowest BCUT2D eigenvalue weighted by Gasteiger charge is -2.25. The van der Waals surface area contributed by atoms with Crippen molar-refractivity contribution in [3.05, 3.63) is 12.2 Å². The van der Waals surface area contributed by atoms with Crippen LogP contribution < -0.4 is 5.73 Å². The van der Waals surface area contributed by atoms with Crippen molar-refractivity contribution >= 4 is 5.78 Å². The number of halogens is 3. The third-order valence-electron chi connectivity index (χ3n) is 5.38. The smallest absolute Gasteiger partial charge is 0.324 e. The number of ketones is 1. The number of carbonyl (C=O) groups is 1. The number of likely N-dealkylation sites (tertiary alicyclic amines) is 2. The van der Waals surface area contributed by atoms with Gasteiger partial charge in [0.2, 0.25) is 5.78 Å². The zero-order chi connectivity index (χ0) is 18.1. The highest BCUT2D eigenvalue weighted by Crippen LogP contribution is 2.31. The Morgan fingerprint density at radius 2 is 1.75 bits per heavy atom. The van der Waals surface area contributed by atoms with Crippen LogP contribution in [-0.2, 0) is 4.79 Å². The largest absolute Gasteiger partial charge is 0.450 e. The van der Waals surface area contributed by atoms with Gasteiger partial charge in [0.05, 0.1) is 0 Å². The molecular formula is C17H28F3N3O. The molecule has 2 saturated heterocycles. The highest BCUT2D eigenvalue weighted by Gasteiger charge is 2.47. The van der Waals surface area contributed by atoms with E-state index in [1.165, 1.54) is 19.5 Å². The van der Waals surface area contributed by atoms with E-state index < -0.39 is 17.9 Å². The minimum Gasteiger partial charge on any atom is -0.324 e. The van der Waals surface area contributed by atoms with E-state index in [-0.39, 0.29) is 12.5 Å². The number of rotatable bonds is 1. The van der Waals surface area contributed by atoms with Gasteiger partial charge in [-0.25, -0.2) is 0 Å². The van der Waals surface area contributed by atoms with Gasteiger partial charge in [0.15, 0.2) is 0 Å². The van der Waals surface area contributed by atoms with Gasteiger partial charge >= 0.3 is 6.18 Å². The van der Waals surface area contributed by atoms with Crippen molar-refractivity contribution in [2.75, 3.05) is 40.3 Å². The number of allylic oxidation sites excluding steroid dienone is 1. The number of hydrogen-bond acceptors (Lipinski definition) is 4. The quantitative estimate of drug-likeness (QED) is 0.735. The second-order valence-electron chi connectivity index (χ2n) is 7.55. The van der Waals surface area contributed by atoms with Crippen LogP contribution in [0, 0.1) is 23.7 Å². The fraction of sp³-hybridized carbons (Fsp3) is 0.824. The van der Waals surface area contributed by atoms with Crippen LogP contribution in [0.2, 0.25) is 0 Å². The summed E-state index contributed by atoms with van der Waals surface area (Å²) >= 11 is 0. The number of Topliss-reactive ketones (excluding diaryl/α,β-unsaturated/α-hetero) is 1. The maximum atomic E-state index is 12.0. The first kappa shape index (κ1) is 19.4. The van der Waals surface area contributed by atoms with Gasteiger partial charge in [0, 0.05) is 38.1 Å². The van der Waals surface area contributed by atoms with E-state index in [4.69, 9.17) is 5.73 Å². The van der Waals surface area contributed by atoms with Gasteiger partial charge in [-0.15, -0.1) is 0 Å². The van der Waals surface area contributed by atoms with Crippen LogP contribution in [0.5, 0.6) is 0 Å². The van der Waals surface area contributed by atoms with E-state index in [9.17, 15) is 18.0 Å². The maximum Gasteiger partial charge on any atom is 0.450 e. The van der Waals surface area contributed by atoms with Crippen LogP contribution in [0.15, 0.2) is 12.2 Å². The molecule has 0 radical (unpaired) electrons. The molecule has 0 saturated carbocycles. The monoisotopic (exact) mass is 347 g/mol. The molecule has 0 aromatic rings. The topological polar surface area (TPSA) is 49.6 Å². The maximum absolute atomic E-state index is 12.0. The molecule has 0 bridgehead atoms. The molecule has 0 amide bonds. The lowest BCUT2D eigenvalue weighted by Crippen LogP contribution is -2.35. The van der Waals surface area contributed by atoms with Crippen LogP contribution >= 0.6 is 0 Å². The van der Waals surface area contributed by atoms with Crippen LogP contribution in [0.4, 0.5) is 13.2 Å². The van der Waals surface area contributed by atoms with Crippen LogP contribution in [-0.4, -0.2) is 68.1 Å².